The zero-order valence-corrected chi connectivity index (χ0v) is 17.7. The monoisotopic (exact) mass is 451 g/mol. The number of ether oxygens (including phenoxy) is 1. The number of anilines is 1. The van der Waals surface area contributed by atoms with Crippen LogP contribution in [0.1, 0.15) is 16.8 Å². The highest BCUT2D eigenvalue weighted by molar-refractivity contribution is 7.22. The SMILES string of the molecule is O=C(c1ccc(F)c(F)c1)N(CCCN1CCOCC1)c1nc2ccc(Cl)cc2s1. The maximum absolute atomic E-state index is 13.7. The smallest absolute Gasteiger partial charge is 0.260 e. The van der Waals surface area contributed by atoms with E-state index in [0.717, 1.165) is 42.0 Å². The molecule has 5 nitrogen and oxygen atoms in total. The van der Waals surface area contributed by atoms with Gasteiger partial charge in [-0.15, -0.1) is 0 Å². The van der Waals surface area contributed by atoms with Gasteiger partial charge in [-0.1, -0.05) is 22.9 Å². The fourth-order valence-electron chi connectivity index (χ4n) is 3.35. The minimum atomic E-state index is -1.05. The summed E-state index contributed by atoms with van der Waals surface area (Å²) in [6.45, 7) is 4.34. The van der Waals surface area contributed by atoms with Gasteiger partial charge in [-0.05, 0) is 42.8 Å². The Labute approximate surface area is 181 Å². The molecule has 0 saturated carbocycles. The molecule has 1 aliphatic rings. The van der Waals surface area contributed by atoms with E-state index in [2.05, 4.69) is 9.88 Å². The zero-order chi connectivity index (χ0) is 21.1. The molecule has 1 amide bonds. The first-order valence-corrected chi connectivity index (χ1v) is 10.8. The van der Waals surface area contributed by atoms with E-state index in [0.29, 0.717) is 36.3 Å². The molecule has 0 radical (unpaired) electrons. The maximum Gasteiger partial charge on any atom is 0.260 e. The number of carbonyl (C=O) groups excluding carboxylic acids is 1. The van der Waals surface area contributed by atoms with E-state index in [-0.39, 0.29) is 5.56 Å². The molecule has 1 aliphatic heterocycles. The van der Waals surface area contributed by atoms with Crippen LogP contribution in [0.25, 0.3) is 10.2 Å². The molecule has 1 saturated heterocycles. The van der Waals surface area contributed by atoms with Crippen LogP contribution in [0.15, 0.2) is 36.4 Å². The average Bonchev–Trinajstić information content (AvgIpc) is 3.16. The number of aromatic nitrogens is 1. The van der Waals surface area contributed by atoms with Crippen LogP contribution in [0, 0.1) is 11.6 Å². The van der Waals surface area contributed by atoms with Gasteiger partial charge in [0, 0.05) is 36.8 Å². The Morgan fingerprint density at radius 3 is 2.73 bits per heavy atom. The van der Waals surface area contributed by atoms with E-state index >= 15 is 0 Å². The Hall–Kier alpha value is -2.13. The van der Waals surface area contributed by atoms with Crippen molar-refractivity contribution in [2.45, 2.75) is 6.42 Å². The van der Waals surface area contributed by atoms with Crippen molar-refractivity contribution in [3.63, 3.8) is 0 Å². The molecule has 158 valence electrons. The molecule has 0 atom stereocenters. The Bertz CT molecular complexity index is 1060. The molecular weight excluding hydrogens is 432 g/mol. The first-order chi connectivity index (χ1) is 14.5. The topological polar surface area (TPSA) is 45.7 Å². The second-order valence-corrected chi connectivity index (χ2v) is 8.45. The summed E-state index contributed by atoms with van der Waals surface area (Å²) in [5, 5.41) is 1.09. The summed E-state index contributed by atoms with van der Waals surface area (Å²) in [6.07, 6.45) is 0.714. The number of thiazole rings is 1. The number of benzene rings is 2. The number of hydrogen-bond donors (Lipinski definition) is 0. The van der Waals surface area contributed by atoms with E-state index in [9.17, 15) is 13.6 Å². The molecule has 0 N–H and O–H groups in total. The van der Waals surface area contributed by atoms with Gasteiger partial charge in [0.15, 0.2) is 16.8 Å². The normalized spacial score (nSPS) is 14.9. The van der Waals surface area contributed by atoms with Gasteiger partial charge < -0.3 is 4.74 Å². The lowest BCUT2D eigenvalue weighted by Gasteiger charge is -2.27. The molecule has 0 aliphatic carbocycles. The van der Waals surface area contributed by atoms with E-state index in [4.69, 9.17) is 16.3 Å². The zero-order valence-electron chi connectivity index (χ0n) is 16.1. The molecule has 2 heterocycles. The third kappa shape index (κ3) is 4.78. The molecular formula is C21H20ClF2N3O2S. The van der Waals surface area contributed by atoms with E-state index in [1.165, 1.54) is 22.3 Å². The maximum atomic E-state index is 13.7. The molecule has 9 heteroatoms. The Balaban J connectivity index is 1.58. The predicted molar refractivity (Wildman–Crippen MR) is 115 cm³/mol. The summed E-state index contributed by atoms with van der Waals surface area (Å²) in [5.74, 6) is -2.45. The third-order valence-corrected chi connectivity index (χ3v) is 6.22. The van der Waals surface area contributed by atoms with Gasteiger partial charge in [0.05, 0.1) is 23.4 Å². The summed E-state index contributed by atoms with van der Waals surface area (Å²) < 4.78 is 33.3. The molecule has 4 rings (SSSR count). The number of morpholine rings is 1. The van der Waals surface area contributed by atoms with Crippen LogP contribution in [0.4, 0.5) is 13.9 Å². The number of amides is 1. The Morgan fingerprint density at radius 1 is 1.17 bits per heavy atom. The lowest BCUT2D eigenvalue weighted by Crippen LogP contribution is -2.39. The molecule has 0 spiro atoms. The second-order valence-electron chi connectivity index (χ2n) is 7.00. The number of halogens is 3. The number of hydrogen-bond acceptors (Lipinski definition) is 5. The second kappa shape index (κ2) is 9.34. The molecule has 0 unspecified atom stereocenters. The number of fused-ring (bicyclic) bond motifs is 1. The quantitative estimate of drug-likeness (QED) is 0.549. The minimum absolute atomic E-state index is 0.0811. The van der Waals surface area contributed by atoms with Gasteiger partial charge in [-0.3, -0.25) is 14.6 Å². The Morgan fingerprint density at radius 2 is 1.97 bits per heavy atom. The van der Waals surface area contributed by atoms with E-state index in [1.807, 2.05) is 0 Å². The van der Waals surface area contributed by atoms with Crippen LogP contribution in [0.2, 0.25) is 5.02 Å². The first kappa shape index (κ1) is 21.1. The third-order valence-electron chi connectivity index (χ3n) is 4.94. The molecule has 1 aromatic heterocycles. The highest BCUT2D eigenvalue weighted by Gasteiger charge is 2.23. The van der Waals surface area contributed by atoms with Crippen molar-refractivity contribution in [1.82, 2.24) is 9.88 Å². The van der Waals surface area contributed by atoms with Crippen LogP contribution in [0.5, 0.6) is 0 Å². The highest BCUT2D eigenvalue weighted by Crippen LogP contribution is 2.31. The van der Waals surface area contributed by atoms with Crippen molar-refractivity contribution in [1.29, 1.82) is 0 Å². The van der Waals surface area contributed by atoms with Gasteiger partial charge in [0.1, 0.15) is 0 Å². The van der Waals surface area contributed by atoms with Gasteiger partial charge in [0.25, 0.3) is 5.91 Å². The van der Waals surface area contributed by atoms with Crippen LogP contribution in [0.3, 0.4) is 0 Å². The van der Waals surface area contributed by atoms with Crippen LogP contribution < -0.4 is 4.90 Å². The predicted octanol–water partition coefficient (Wildman–Crippen LogP) is 4.60. The summed E-state index contributed by atoms with van der Waals surface area (Å²) in [6, 6.07) is 8.52. The highest BCUT2D eigenvalue weighted by atomic mass is 35.5. The Kier molecular flexibility index (Phi) is 6.58. The average molecular weight is 452 g/mol. The summed E-state index contributed by atoms with van der Waals surface area (Å²) in [7, 11) is 0. The molecule has 2 aromatic carbocycles. The van der Waals surface area contributed by atoms with Crippen molar-refractivity contribution in [2.24, 2.45) is 0 Å². The minimum Gasteiger partial charge on any atom is -0.379 e. The van der Waals surface area contributed by atoms with Gasteiger partial charge in [-0.25, -0.2) is 13.8 Å². The van der Waals surface area contributed by atoms with Crippen molar-refractivity contribution >= 4 is 44.2 Å². The van der Waals surface area contributed by atoms with Gasteiger partial charge in [-0.2, -0.15) is 0 Å². The van der Waals surface area contributed by atoms with Gasteiger partial charge >= 0.3 is 0 Å². The van der Waals surface area contributed by atoms with Gasteiger partial charge in [0.2, 0.25) is 0 Å². The van der Waals surface area contributed by atoms with Crippen molar-refractivity contribution in [2.75, 3.05) is 44.3 Å². The van der Waals surface area contributed by atoms with Crippen molar-refractivity contribution in [3.8, 4) is 0 Å². The number of nitrogens with zero attached hydrogens (tertiary/aromatic N) is 3. The van der Waals surface area contributed by atoms with Crippen LogP contribution in [-0.2, 0) is 4.74 Å². The van der Waals surface area contributed by atoms with Crippen LogP contribution in [-0.4, -0.2) is 55.2 Å². The van der Waals surface area contributed by atoms with Crippen molar-refractivity contribution in [3.05, 3.63) is 58.6 Å². The largest absolute Gasteiger partial charge is 0.379 e. The summed E-state index contributed by atoms with van der Waals surface area (Å²) in [4.78, 5) is 21.6. The molecule has 30 heavy (non-hydrogen) atoms. The first-order valence-electron chi connectivity index (χ1n) is 9.64. The standard InChI is InChI=1S/C21H20ClF2N3O2S/c22-15-3-5-18-19(13-15)30-21(25-18)27(7-1-6-26-8-10-29-11-9-26)20(28)14-2-4-16(23)17(24)12-14/h2-5,12-13H,1,6-11H2. The lowest BCUT2D eigenvalue weighted by atomic mass is 10.2. The fourth-order valence-corrected chi connectivity index (χ4v) is 4.61. The molecule has 0 bridgehead atoms. The van der Waals surface area contributed by atoms with Crippen molar-refractivity contribution < 1.29 is 18.3 Å². The van der Waals surface area contributed by atoms with Crippen LogP contribution >= 0.6 is 22.9 Å². The number of rotatable bonds is 6. The lowest BCUT2D eigenvalue weighted by molar-refractivity contribution is 0.0376. The summed E-state index contributed by atoms with van der Waals surface area (Å²) >= 11 is 7.42. The molecule has 1 fully saturated rings. The van der Waals surface area contributed by atoms with E-state index < -0.39 is 17.5 Å². The molecule has 3 aromatic rings. The number of carbonyl (C=O) groups is 1. The fraction of sp³-hybridized carbons (Fsp3) is 0.333. The van der Waals surface area contributed by atoms with E-state index in [1.54, 1.807) is 18.2 Å². The summed E-state index contributed by atoms with van der Waals surface area (Å²) in [5.41, 5.74) is 0.813.